The Bertz CT molecular complexity index is 1260. The van der Waals surface area contributed by atoms with Crippen LogP contribution in [0.25, 0.3) is 22.0 Å². The standard InChI is InChI=1S/C28H36ClN3O3/c1-17-16-21-23(19-8-10-20(29)11-9-19)22(26(27(33)34)35-28(3,4)5)18(2)24-25(21)32(17)15-14-31(24)13-12-30(6)7/h8-11,16,26H,12-15H2,1-7H3,(H,33,34)/t26-/m0/s1. The summed E-state index contributed by atoms with van der Waals surface area (Å²) in [7, 11) is 4.15. The van der Waals surface area contributed by atoms with Crippen molar-refractivity contribution in [3.05, 3.63) is 52.2 Å². The van der Waals surface area contributed by atoms with Crippen molar-refractivity contribution < 1.29 is 14.6 Å². The fourth-order valence-corrected chi connectivity index (χ4v) is 5.28. The van der Waals surface area contributed by atoms with Crippen molar-refractivity contribution >= 4 is 34.2 Å². The zero-order chi connectivity index (χ0) is 25.7. The average molecular weight is 498 g/mol. The quantitative estimate of drug-likeness (QED) is 0.440. The van der Waals surface area contributed by atoms with E-state index in [-0.39, 0.29) is 0 Å². The highest BCUT2D eigenvalue weighted by Crippen LogP contribution is 2.48. The van der Waals surface area contributed by atoms with Gasteiger partial charge in [-0.25, -0.2) is 4.79 Å². The SMILES string of the molecule is Cc1c([C@H](OC(C)(C)C)C(=O)O)c(-c2ccc(Cl)cc2)c2cc(C)n3c2c1N(CCN(C)C)CC3. The number of hydrogen-bond donors (Lipinski definition) is 1. The lowest BCUT2D eigenvalue weighted by molar-refractivity contribution is -0.160. The van der Waals surface area contributed by atoms with Crippen molar-refractivity contribution in [3.8, 4) is 11.1 Å². The van der Waals surface area contributed by atoms with Gasteiger partial charge in [-0.15, -0.1) is 0 Å². The number of likely N-dealkylation sites (N-methyl/N-ethyl adjacent to an activating group) is 1. The Morgan fingerprint density at radius 1 is 1.17 bits per heavy atom. The number of nitrogens with zero attached hydrogens (tertiary/aromatic N) is 3. The van der Waals surface area contributed by atoms with E-state index in [1.165, 1.54) is 11.2 Å². The molecule has 0 saturated carbocycles. The minimum absolute atomic E-state index is 0.634. The molecule has 7 heteroatoms. The third-order valence-electron chi connectivity index (χ3n) is 6.64. The van der Waals surface area contributed by atoms with Crippen LogP contribution in [0.2, 0.25) is 5.02 Å². The summed E-state index contributed by atoms with van der Waals surface area (Å²) in [5, 5.41) is 12.1. The van der Waals surface area contributed by atoms with Crippen LogP contribution in [0.4, 0.5) is 5.69 Å². The normalized spacial score (nSPS) is 14.7. The monoisotopic (exact) mass is 497 g/mol. The number of carbonyl (C=O) groups is 1. The summed E-state index contributed by atoms with van der Waals surface area (Å²) in [5.74, 6) is -0.989. The number of ether oxygens (including phenoxy) is 1. The molecule has 0 saturated heterocycles. The molecule has 188 valence electrons. The number of halogens is 1. The largest absolute Gasteiger partial charge is 0.479 e. The minimum Gasteiger partial charge on any atom is -0.479 e. The van der Waals surface area contributed by atoms with Crippen LogP contribution < -0.4 is 4.90 Å². The first-order valence-electron chi connectivity index (χ1n) is 12.1. The molecule has 6 nitrogen and oxygen atoms in total. The molecule has 1 atom stereocenters. The Morgan fingerprint density at radius 2 is 1.83 bits per heavy atom. The molecule has 0 aliphatic carbocycles. The maximum atomic E-state index is 12.7. The molecular weight excluding hydrogens is 462 g/mol. The van der Waals surface area contributed by atoms with Crippen molar-refractivity contribution in [1.82, 2.24) is 9.47 Å². The van der Waals surface area contributed by atoms with E-state index in [1.807, 2.05) is 52.0 Å². The molecule has 1 N–H and O–H groups in total. The molecule has 2 heterocycles. The van der Waals surface area contributed by atoms with Gasteiger partial charge in [-0.05, 0) is 83.6 Å². The van der Waals surface area contributed by atoms with E-state index in [2.05, 4.69) is 41.5 Å². The Morgan fingerprint density at radius 3 is 2.40 bits per heavy atom. The van der Waals surface area contributed by atoms with E-state index in [4.69, 9.17) is 16.3 Å². The van der Waals surface area contributed by atoms with Crippen LogP contribution >= 0.6 is 11.6 Å². The van der Waals surface area contributed by atoms with Crippen LogP contribution in [0.5, 0.6) is 0 Å². The van der Waals surface area contributed by atoms with Gasteiger partial charge >= 0.3 is 5.97 Å². The van der Waals surface area contributed by atoms with E-state index in [9.17, 15) is 9.90 Å². The predicted molar refractivity (Wildman–Crippen MR) is 144 cm³/mol. The first kappa shape index (κ1) is 25.5. The molecule has 0 fully saturated rings. The number of aliphatic carboxylic acids is 1. The second-order valence-electron chi connectivity index (χ2n) is 10.7. The molecule has 0 unspecified atom stereocenters. The van der Waals surface area contributed by atoms with Gasteiger partial charge in [0.05, 0.1) is 16.8 Å². The van der Waals surface area contributed by atoms with E-state index >= 15 is 0 Å². The third kappa shape index (κ3) is 4.92. The van der Waals surface area contributed by atoms with Crippen LogP contribution in [0.1, 0.15) is 43.7 Å². The first-order chi connectivity index (χ1) is 16.4. The lowest BCUT2D eigenvalue weighted by Crippen LogP contribution is -2.38. The fraction of sp³-hybridized carbons (Fsp3) is 0.464. The predicted octanol–water partition coefficient (Wildman–Crippen LogP) is 5.90. The zero-order valence-corrected chi connectivity index (χ0v) is 22.5. The molecular formula is C28H36ClN3O3. The number of benzene rings is 2. The van der Waals surface area contributed by atoms with Gasteiger partial charge in [0, 0.05) is 47.8 Å². The molecule has 3 aromatic rings. The Labute approximate surface area is 213 Å². The maximum Gasteiger partial charge on any atom is 0.337 e. The molecule has 1 aromatic heterocycles. The molecule has 4 rings (SSSR count). The van der Waals surface area contributed by atoms with Gasteiger partial charge in [0.15, 0.2) is 6.10 Å². The summed E-state index contributed by atoms with van der Waals surface area (Å²) >= 11 is 6.22. The number of anilines is 1. The second kappa shape index (κ2) is 9.49. The van der Waals surface area contributed by atoms with Crippen LogP contribution in [0.15, 0.2) is 30.3 Å². The molecule has 0 bridgehead atoms. The molecule has 0 amide bonds. The molecule has 1 aliphatic rings. The van der Waals surface area contributed by atoms with E-state index in [1.54, 1.807) is 0 Å². The van der Waals surface area contributed by atoms with Gasteiger partial charge in [0.25, 0.3) is 0 Å². The van der Waals surface area contributed by atoms with Gasteiger partial charge in [-0.2, -0.15) is 0 Å². The summed E-state index contributed by atoms with van der Waals surface area (Å²) in [4.78, 5) is 17.3. The van der Waals surface area contributed by atoms with Crippen molar-refractivity contribution in [2.45, 2.75) is 52.9 Å². The lowest BCUT2D eigenvalue weighted by atomic mass is 9.87. The molecule has 2 aromatic carbocycles. The molecule has 0 spiro atoms. The smallest absolute Gasteiger partial charge is 0.337 e. The number of hydrogen-bond acceptors (Lipinski definition) is 4. The number of rotatable bonds is 7. The highest BCUT2D eigenvalue weighted by molar-refractivity contribution is 6.30. The van der Waals surface area contributed by atoms with Crippen molar-refractivity contribution in [3.63, 3.8) is 0 Å². The van der Waals surface area contributed by atoms with Crippen molar-refractivity contribution in [2.24, 2.45) is 0 Å². The van der Waals surface area contributed by atoms with Gasteiger partial charge in [0.1, 0.15) is 0 Å². The summed E-state index contributed by atoms with van der Waals surface area (Å²) in [5.41, 5.74) is 6.32. The fourth-order valence-electron chi connectivity index (χ4n) is 5.15. The zero-order valence-electron chi connectivity index (χ0n) is 21.8. The van der Waals surface area contributed by atoms with Gasteiger partial charge in [0.2, 0.25) is 0 Å². The lowest BCUT2D eigenvalue weighted by Gasteiger charge is -2.36. The number of carboxylic acid groups (broad SMARTS) is 1. The highest BCUT2D eigenvalue weighted by Gasteiger charge is 2.35. The van der Waals surface area contributed by atoms with E-state index in [0.717, 1.165) is 53.9 Å². The van der Waals surface area contributed by atoms with Gasteiger partial charge in [-0.1, -0.05) is 23.7 Å². The maximum absolute atomic E-state index is 12.7. The average Bonchev–Trinajstić information content (AvgIpc) is 3.10. The summed E-state index contributed by atoms with van der Waals surface area (Å²) < 4.78 is 8.60. The van der Waals surface area contributed by atoms with Crippen LogP contribution in [0, 0.1) is 13.8 Å². The summed E-state index contributed by atoms with van der Waals surface area (Å²) in [6, 6.07) is 9.84. The van der Waals surface area contributed by atoms with Gasteiger partial charge in [-0.3, -0.25) is 0 Å². The van der Waals surface area contributed by atoms with Crippen LogP contribution in [-0.4, -0.2) is 59.9 Å². The molecule has 0 radical (unpaired) electrons. The van der Waals surface area contributed by atoms with Crippen molar-refractivity contribution in [1.29, 1.82) is 0 Å². The Hall–Kier alpha value is -2.54. The third-order valence-corrected chi connectivity index (χ3v) is 6.90. The number of carboxylic acids is 1. The minimum atomic E-state index is -1.11. The first-order valence-corrected chi connectivity index (χ1v) is 12.5. The van der Waals surface area contributed by atoms with E-state index < -0.39 is 17.7 Å². The van der Waals surface area contributed by atoms with Crippen LogP contribution in [0.3, 0.4) is 0 Å². The molecule has 1 aliphatic heterocycles. The Kier molecular flexibility index (Phi) is 6.93. The summed E-state index contributed by atoms with van der Waals surface area (Å²) in [6.45, 7) is 13.4. The van der Waals surface area contributed by atoms with Gasteiger partial charge < -0.3 is 24.2 Å². The summed E-state index contributed by atoms with van der Waals surface area (Å²) in [6.07, 6.45) is -1.11. The number of aryl methyl sites for hydroxylation is 1. The second-order valence-corrected chi connectivity index (χ2v) is 11.1. The van der Waals surface area contributed by atoms with Crippen molar-refractivity contribution in [2.75, 3.05) is 38.6 Å². The topological polar surface area (TPSA) is 57.9 Å². The Balaban J connectivity index is 2.09. The van der Waals surface area contributed by atoms with E-state index in [0.29, 0.717) is 10.6 Å². The molecule has 35 heavy (non-hydrogen) atoms. The number of aromatic nitrogens is 1. The highest BCUT2D eigenvalue weighted by atomic mass is 35.5. The van der Waals surface area contributed by atoms with Crippen LogP contribution in [-0.2, 0) is 16.1 Å².